The maximum Gasteiger partial charge on any atom is 0.309 e. The molecular formula is C17H25NO3. The van der Waals surface area contributed by atoms with Gasteiger partial charge in [0.05, 0.1) is 13.0 Å². The van der Waals surface area contributed by atoms with Crippen LogP contribution in [0.5, 0.6) is 5.75 Å². The van der Waals surface area contributed by atoms with Crippen molar-refractivity contribution in [2.75, 3.05) is 12.3 Å². The fraction of sp³-hybridized carbons (Fsp3) is 0.588. The lowest BCUT2D eigenvalue weighted by Crippen LogP contribution is -2.28. The molecule has 1 aliphatic rings. The first-order chi connectivity index (χ1) is 10.0. The molecule has 2 unspecified atom stereocenters. The summed E-state index contributed by atoms with van der Waals surface area (Å²) in [5.41, 5.74) is 6.32. The molecule has 2 rings (SSSR count). The molecule has 2 N–H and O–H groups in total. The number of carbonyl (C=O) groups excluding carboxylic acids is 1. The second-order valence-electron chi connectivity index (χ2n) is 6.20. The average Bonchev–Trinajstić information content (AvgIpc) is 2.37. The Kier molecular flexibility index (Phi) is 5.48. The highest BCUT2D eigenvalue weighted by Crippen LogP contribution is 2.30. The number of anilines is 1. The van der Waals surface area contributed by atoms with E-state index in [-0.39, 0.29) is 18.5 Å². The lowest BCUT2D eigenvalue weighted by atomic mass is 9.82. The van der Waals surface area contributed by atoms with Gasteiger partial charge < -0.3 is 15.2 Å². The van der Waals surface area contributed by atoms with E-state index in [0.29, 0.717) is 29.9 Å². The Labute approximate surface area is 126 Å². The molecule has 1 saturated carbocycles. The van der Waals surface area contributed by atoms with Crippen LogP contribution in [-0.2, 0) is 9.53 Å². The molecule has 2 atom stereocenters. The topological polar surface area (TPSA) is 61.5 Å². The van der Waals surface area contributed by atoms with Gasteiger partial charge in [0.15, 0.2) is 0 Å². The van der Waals surface area contributed by atoms with Gasteiger partial charge in [-0.05, 0) is 43.2 Å². The fourth-order valence-corrected chi connectivity index (χ4v) is 3.07. The quantitative estimate of drug-likeness (QED) is 0.667. The van der Waals surface area contributed by atoms with Crippen LogP contribution in [0.4, 0.5) is 5.69 Å². The zero-order valence-corrected chi connectivity index (χ0v) is 12.9. The molecule has 0 spiro atoms. The molecule has 0 amide bonds. The van der Waals surface area contributed by atoms with Gasteiger partial charge in [-0.25, -0.2) is 0 Å². The second-order valence-corrected chi connectivity index (χ2v) is 6.20. The normalized spacial score (nSPS) is 25.3. The van der Waals surface area contributed by atoms with Gasteiger partial charge in [0.2, 0.25) is 0 Å². The average molecular weight is 291 g/mol. The van der Waals surface area contributed by atoms with Gasteiger partial charge in [-0.1, -0.05) is 19.9 Å². The minimum absolute atomic E-state index is 0.0728. The Balaban J connectivity index is 1.70. The highest BCUT2D eigenvalue weighted by Gasteiger charge is 2.26. The number of nitrogen functional groups attached to an aromatic ring is 1. The van der Waals surface area contributed by atoms with Gasteiger partial charge in [-0.3, -0.25) is 4.79 Å². The van der Waals surface area contributed by atoms with Crippen molar-refractivity contribution in [2.24, 2.45) is 11.8 Å². The fourth-order valence-electron chi connectivity index (χ4n) is 3.07. The number of esters is 1. The summed E-state index contributed by atoms with van der Waals surface area (Å²) in [5.74, 6) is 1.78. The highest BCUT2D eigenvalue weighted by atomic mass is 16.5. The summed E-state index contributed by atoms with van der Waals surface area (Å²) in [6, 6.07) is 7.20. The van der Waals surface area contributed by atoms with E-state index in [0.717, 1.165) is 12.8 Å². The first kappa shape index (κ1) is 15.7. The number of nitrogens with two attached hydrogens (primary N) is 1. The summed E-state index contributed by atoms with van der Waals surface area (Å²) in [6.07, 6.45) is 3.53. The van der Waals surface area contributed by atoms with E-state index in [1.807, 2.05) is 12.1 Å². The van der Waals surface area contributed by atoms with E-state index in [1.165, 1.54) is 6.42 Å². The molecule has 4 heteroatoms. The molecule has 1 fully saturated rings. The molecule has 1 aliphatic carbocycles. The van der Waals surface area contributed by atoms with Gasteiger partial charge >= 0.3 is 5.97 Å². The molecule has 1 aromatic carbocycles. The second kappa shape index (κ2) is 7.34. The van der Waals surface area contributed by atoms with Crippen LogP contribution in [0.2, 0.25) is 0 Å². The van der Waals surface area contributed by atoms with Crippen LogP contribution in [0.1, 0.15) is 39.5 Å². The Bertz CT molecular complexity index is 465. The van der Waals surface area contributed by atoms with Crippen molar-refractivity contribution in [1.29, 1.82) is 0 Å². The third-order valence-corrected chi connectivity index (χ3v) is 3.87. The van der Waals surface area contributed by atoms with Crippen molar-refractivity contribution >= 4 is 11.7 Å². The minimum Gasteiger partial charge on any atom is -0.493 e. The van der Waals surface area contributed by atoms with Gasteiger partial charge in [-0.2, -0.15) is 0 Å². The van der Waals surface area contributed by atoms with E-state index in [4.69, 9.17) is 15.2 Å². The van der Waals surface area contributed by atoms with Crippen molar-refractivity contribution in [3.05, 3.63) is 24.3 Å². The summed E-state index contributed by atoms with van der Waals surface area (Å²) in [7, 11) is 0. The molecule has 0 bridgehead atoms. The van der Waals surface area contributed by atoms with Gasteiger partial charge in [-0.15, -0.1) is 0 Å². The van der Waals surface area contributed by atoms with E-state index in [2.05, 4.69) is 13.8 Å². The Hall–Kier alpha value is -1.71. The SMILES string of the molecule is CC1CC(C)CC(OC(=O)CCOc2cccc(N)c2)C1. The predicted octanol–water partition coefficient (Wildman–Crippen LogP) is 3.41. The number of carbonyl (C=O) groups is 1. The smallest absolute Gasteiger partial charge is 0.309 e. The summed E-state index contributed by atoms with van der Waals surface area (Å²) < 4.78 is 11.1. The third kappa shape index (κ3) is 5.29. The van der Waals surface area contributed by atoms with Crippen LogP contribution >= 0.6 is 0 Å². The van der Waals surface area contributed by atoms with Crippen molar-refractivity contribution in [2.45, 2.75) is 45.6 Å². The molecule has 21 heavy (non-hydrogen) atoms. The maximum atomic E-state index is 11.9. The Morgan fingerprint density at radius 1 is 1.24 bits per heavy atom. The van der Waals surface area contributed by atoms with Crippen LogP contribution in [-0.4, -0.2) is 18.7 Å². The number of rotatable bonds is 5. The number of hydrogen-bond acceptors (Lipinski definition) is 4. The van der Waals surface area contributed by atoms with Crippen molar-refractivity contribution < 1.29 is 14.3 Å². The lowest BCUT2D eigenvalue weighted by molar-refractivity contribution is -0.152. The van der Waals surface area contributed by atoms with E-state index >= 15 is 0 Å². The van der Waals surface area contributed by atoms with E-state index in [9.17, 15) is 4.79 Å². The summed E-state index contributed by atoms with van der Waals surface area (Å²) in [5, 5.41) is 0. The van der Waals surface area contributed by atoms with Gasteiger partial charge in [0.25, 0.3) is 0 Å². The number of ether oxygens (including phenoxy) is 2. The summed E-state index contributed by atoms with van der Waals surface area (Å²) in [6.45, 7) is 4.76. The minimum atomic E-state index is -0.176. The number of benzene rings is 1. The maximum absolute atomic E-state index is 11.9. The molecule has 4 nitrogen and oxygen atoms in total. The lowest BCUT2D eigenvalue weighted by Gasteiger charge is -2.31. The predicted molar refractivity (Wildman–Crippen MR) is 83.0 cm³/mol. The van der Waals surface area contributed by atoms with Crippen molar-refractivity contribution in [3.8, 4) is 5.75 Å². The number of hydrogen-bond donors (Lipinski definition) is 1. The Morgan fingerprint density at radius 3 is 2.62 bits per heavy atom. The summed E-state index contributed by atoms with van der Waals surface area (Å²) in [4.78, 5) is 11.9. The zero-order chi connectivity index (χ0) is 15.2. The monoisotopic (exact) mass is 291 g/mol. The first-order valence-corrected chi connectivity index (χ1v) is 7.70. The van der Waals surface area contributed by atoms with Crippen molar-refractivity contribution in [1.82, 2.24) is 0 Å². The van der Waals surface area contributed by atoms with Crippen LogP contribution in [0.25, 0.3) is 0 Å². The molecule has 0 heterocycles. The van der Waals surface area contributed by atoms with E-state index < -0.39 is 0 Å². The molecule has 0 aliphatic heterocycles. The summed E-state index contributed by atoms with van der Waals surface area (Å²) >= 11 is 0. The Morgan fingerprint density at radius 2 is 1.95 bits per heavy atom. The molecule has 1 aromatic rings. The molecule has 0 saturated heterocycles. The van der Waals surface area contributed by atoms with Gasteiger partial charge in [0, 0.05) is 11.8 Å². The third-order valence-electron chi connectivity index (χ3n) is 3.87. The van der Waals surface area contributed by atoms with Crippen LogP contribution in [0, 0.1) is 11.8 Å². The van der Waals surface area contributed by atoms with Crippen LogP contribution in [0.15, 0.2) is 24.3 Å². The van der Waals surface area contributed by atoms with Gasteiger partial charge in [0.1, 0.15) is 11.9 Å². The van der Waals surface area contributed by atoms with Crippen LogP contribution in [0.3, 0.4) is 0 Å². The molecule has 0 radical (unpaired) electrons. The first-order valence-electron chi connectivity index (χ1n) is 7.70. The van der Waals surface area contributed by atoms with E-state index in [1.54, 1.807) is 12.1 Å². The van der Waals surface area contributed by atoms with Crippen LogP contribution < -0.4 is 10.5 Å². The standard InChI is InChI=1S/C17H25NO3/c1-12-8-13(2)10-16(9-12)21-17(19)6-7-20-15-5-3-4-14(18)11-15/h3-5,11-13,16H,6-10,18H2,1-2H3. The van der Waals surface area contributed by atoms with Crippen molar-refractivity contribution in [3.63, 3.8) is 0 Å². The molecule has 116 valence electrons. The molecule has 0 aromatic heterocycles. The largest absolute Gasteiger partial charge is 0.493 e. The molecular weight excluding hydrogens is 266 g/mol. The zero-order valence-electron chi connectivity index (χ0n) is 12.9. The highest BCUT2D eigenvalue weighted by molar-refractivity contribution is 5.69.